The number of anilines is 1. The normalized spacial score (nSPS) is 11.9. The first-order valence-electron chi connectivity index (χ1n) is 14.7. The largest absolute Gasteiger partial charge is 0.354 e. The molecule has 0 heterocycles. The Kier molecular flexibility index (Phi) is 11.6. The summed E-state index contributed by atoms with van der Waals surface area (Å²) in [4.78, 5) is 29.8. The lowest BCUT2D eigenvalue weighted by molar-refractivity contribution is -0.140. The number of nitrogens with zero attached hydrogens (tertiary/aromatic N) is 2. The van der Waals surface area contributed by atoms with E-state index in [1.54, 1.807) is 43.3 Å². The summed E-state index contributed by atoms with van der Waals surface area (Å²) in [7, 11) is -4.17. The molecule has 0 aliphatic heterocycles. The Morgan fingerprint density at radius 3 is 2.02 bits per heavy atom. The number of amides is 2. The third-order valence-electron chi connectivity index (χ3n) is 7.33. The third kappa shape index (κ3) is 8.49. The first-order valence-corrected chi connectivity index (χ1v) is 16.5. The first-order chi connectivity index (χ1) is 21.2. The van der Waals surface area contributed by atoms with Crippen molar-refractivity contribution in [3.63, 3.8) is 0 Å². The molecule has 1 N–H and O–H groups in total. The lowest BCUT2D eigenvalue weighted by atomic mass is 10.0. The van der Waals surface area contributed by atoms with Crippen LogP contribution in [0, 0.1) is 6.92 Å². The highest BCUT2D eigenvalue weighted by atomic mass is 35.5. The van der Waals surface area contributed by atoms with Crippen LogP contribution < -0.4 is 9.62 Å². The summed E-state index contributed by atoms with van der Waals surface area (Å²) in [6.45, 7) is 3.88. The highest BCUT2D eigenvalue weighted by Crippen LogP contribution is 2.29. The van der Waals surface area contributed by atoms with Crippen molar-refractivity contribution in [1.29, 1.82) is 0 Å². The van der Waals surface area contributed by atoms with E-state index in [1.165, 1.54) is 17.0 Å². The third-order valence-corrected chi connectivity index (χ3v) is 9.34. The van der Waals surface area contributed by atoms with Crippen LogP contribution in [0.25, 0.3) is 0 Å². The van der Waals surface area contributed by atoms with E-state index in [9.17, 15) is 18.0 Å². The zero-order valence-corrected chi connectivity index (χ0v) is 26.6. The summed E-state index contributed by atoms with van der Waals surface area (Å²) in [6, 6.07) is 30.9. The summed E-state index contributed by atoms with van der Waals surface area (Å²) in [5.41, 5.74) is 2.63. The topological polar surface area (TPSA) is 86.8 Å². The number of nitrogens with one attached hydrogen (secondary N) is 1. The summed E-state index contributed by atoms with van der Waals surface area (Å²) in [6.07, 6.45) is 1.97. The number of aryl methyl sites for hydroxylation is 1. The van der Waals surface area contributed by atoms with Gasteiger partial charge in [0.25, 0.3) is 10.0 Å². The molecule has 7 nitrogen and oxygen atoms in total. The number of hydrogen-bond acceptors (Lipinski definition) is 4. The standard InChI is InChI=1S/C35H38ClN3O4S/c1-3-4-22-37-35(41)33(24-28-14-8-5-9-15-28)38(25-29-16-10-6-11-17-29)34(40)26-39(32-21-20-30(36)23-27(32)2)44(42,43)31-18-12-7-13-19-31/h5-21,23,33H,3-4,22,24-26H2,1-2H3,(H,37,41)/t33-/m0/s1. The maximum Gasteiger partial charge on any atom is 0.264 e. The minimum absolute atomic E-state index is 0.0508. The number of sulfonamides is 1. The lowest BCUT2D eigenvalue weighted by Crippen LogP contribution is -2.53. The van der Waals surface area contributed by atoms with Gasteiger partial charge >= 0.3 is 0 Å². The molecule has 0 saturated heterocycles. The smallest absolute Gasteiger partial charge is 0.264 e. The Bertz CT molecular complexity index is 1630. The fourth-order valence-electron chi connectivity index (χ4n) is 4.97. The van der Waals surface area contributed by atoms with E-state index in [1.807, 2.05) is 67.6 Å². The monoisotopic (exact) mass is 631 g/mol. The Balaban J connectivity index is 1.79. The van der Waals surface area contributed by atoms with Crippen molar-refractivity contribution in [2.75, 3.05) is 17.4 Å². The second kappa shape index (κ2) is 15.5. The minimum atomic E-state index is -4.17. The summed E-state index contributed by atoms with van der Waals surface area (Å²) in [5, 5.41) is 3.45. The second-order valence-corrected chi connectivity index (χ2v) is 12.9. The van der Waals surface area contributed by atoms with Gasteiger partial charge in [-0.05, 0) is 60.4 Å². The summed E-state index contributed by atoms with van der Waals surface area (Å²) in [5.74, 6) is -0.791. The molecule has 44 heavy (non-hydrogen) atoms. The van der Waals surface area contributed by atoms with Gasteiger partial charge < -0.3 is 10.2 Å². The Morgan fingerprint density at radius 2 is 1.43 bits per heavy atom. The van der Waals surface area contributed by atoms with Gasteiger partial charge in [-0.15, -0.1) is 0 Å². The molecule has 0 bridgehead atoms. The van der Waals surface area contributed by atoms with Gasteiger partial charge in [-0.25, -0.2) is 8.42 Å². The molecular formula is C35H38ClN3O4S. The molecule has 9 heteroatoms. The SMILES string of the molecule is CCCCNC(=O)[C@H](Cc1ccccc1)N(Cc1ccccc1)C(=O)CN(c1ccc(Cl)cc1C)S(=O)(=O)c1ccccc1. The van der Waals surface area contributed by atoms with Crippen molar-refractivity contribution in [2.45, 2.75) is 50.6 Å². The van der Waals surface area contributed by atoms with E-state index < -0.39 is 28.5 Å². The molecule has 4 aromatic carbocycles. The fourth-order valence-corrected chi connectivity index (χ4v) is 6.70. The van der Waals surface area contributed by atoms with Crippen LogP contribution in [0.5, 0.6) is 0 Å². The first kappa shape index (κ1) is 32.8. The number of benzene rings is 4. The molecule has 0 spiro atoms. The van der Waals surface area contributed by atoms with Gasteiger partial charge in [0.05, 0.1) is 10.6 Å². The molecule has 4 aromatic rings. The average Bonchev–Trinajstić information content (AvgIpc) is 3.03. The van der Waals surface area contributed by atoms with Crippen LogP contribution >= 0.6 is 11.6 Å². The Morgan fingerprint density at radius 1 is 0.841 bits per heavy atom. The second-order valence-electron chi connectivity index (χ2n) is 10.6. The molecule has 0 radical (unpaired) electrons. The van der Waals surface area contributed by atoms with E-state index in [0.717, 1.165) is 28.3 Å². The van der Waals surface area contributed by atoms with Crippen molar-refractivity contribution in [3.05, 3.63) is 131 Å². The van der Waals surface area contributed by atoms with E-state index in [0.29, 0.717) is 22.8 Å². The molecule has 2 amide bonds. The number of carbonyl (C=O) groups is 2. The predicted octanol–water partition coefficient (Wildman–Crippen LogP) is 6.40. The maximum absolute atomic E-state index is 14.5. The molecule has 0 aromatic heterocycles. The van der Waals surface area contributed by atoms with Gasteiger partial charge in [0.1, 0.15) is 12.6 Å². The van der Waals surface area contributed by atoms with Crippen molar-refractivity contribution in [1.82, 2.24) is 10.2 Å². The molecule has 1 atom stereocenters. The molecule has 0 fully saturated rings. The van der Waals surface area contributed by atoms with Gasteiger partial charge in [-0.3, -0.25) is 13.9 Å². The molecule has 0 unspecified atom stereocenters. The van der Waals surface area contributed by atoms with Crippen molar-refractivity contribution in [2.24, 2.45) is 0 Å². The highest BCUT2D eigenvalue weighted by Gasteiger charge is 2.35. The van der Waals surface area contributed by atoms with Crippen LogP contribution in [0.2, 0.25) is 5.02 Å². The zero-order valence-electron chi connectivity index (χ0n) is 25.0. The van der Waals surface area contributed by atoms with E-state index >= 15 is 0 Å². The minimum Gasteiger partial charge on any atom is -0.354 e. The van der Waals surface area contributed by atoms with Gasteiger partial charge in [0.15, 0.2) is 0 Å². The van der Waals surface area contributed by atoms with E-state index in [4.69, 9.17) is 11.6 Å². The fraction of sp³-hybridized carbons (Fsp3) is 0.257. The molecule has 0 aliphatic rings. The average molecular weight is 632 g/mol. The van der Waals surface area contributed by atoms with E-state index in [-0.39, 0.29) is 23.8 Å². The van der Waals surface area contributed by atoms with Crippen molar-refractivity contribution >= 4 is 39.1 Å². The van der Waals surface area contributed by atoms with Gasteiger partial charge in [0.2, 0.25) is 11.8 Å². The Hall–Kier alpha value is -4.14. The summed E-state index contributed by atoms with van der Waals surface area (Å²) < 4.78 is 29.3. The summed E-state index contributed by atoms with van der Waals surface area (Å²) >= 11 is 6.22. The number of hydrogen-bond donors (Lipinski definition) is 1. The maximum atomic E-state index is 14.5. The Labute approximate surface area is 265 Å². The quantitative estimate of drug-likeness (QED) is 0.163. The molecule has 230 valence electrons. The van der Waals surface area contributed by atoms with Gasteiger partial charge in [-0.2, -0.15) is 0 Å². The molecule has 0 saturated carbocycles. The number of carbonyl (C=O) groups excluding carboxylic acids is 2. The van der Waals surface area contributed by atoms with Crippen molar-refractivity contribution < 1.29 is 18.0 Å². The van der Waals surface area contributed by atoms with Crippen LogP contribution in [0.15, 0.2) is 114 Å². The van der Waals surface area contributed by atoms with Crippen LogP contribution in [0.3, 0.4) is 0 Å². The number of rotatable bonds is 14. The van der Waals surface area contributed by atoms with E-state index in [2.05, 4.69) is 5.32 Å². The van der Waals surface area contributed by atoms with Crippen molar-refractivity contribution in [3.8, 4) is 0 Å². The lowest BCUT2D eigenvalue weighted by Gasteiger charge is -2.34. The van der Waals surface area contributed by atoms with Crippen LogP contribution in [-0.4, -0.2) is 44.3 Å². The molecule has 0 aliphatic carbocycles. The van der Waals surface area contributed by atoms with Crippen LogP contribution in [0.4, 0.5) is 5.69 Å². The van der Waals surface area contributed by atoms with Crippen LogP contribution in [-0.2, 0) is 32.6 Å². The number of unbranched alkanes of at least 4 members (excludes halogenated alkanes) is 1. The molecular weight excluding hydrogens is 594 g/mol. The highest BCUT2D eigenvalue weighted by molar-refractivity contribution is 7.92. The van der Waals surface area contributed by atoms with Gasteiger partial charge in [0, 0.05) is 24.5 Å². The predicted molar refractivity (Wildman–Crippen MR) is 176 cm³/mol. The zero-order chi connectivity index (χ0) is 31.5. The van der Waals surface area contributed by atoms with Gasteiger partial charge in [-0.1, -0.05) is 104 Å². The molecule has 4 rings (SSSR count). The number of halogens is 1. The van der Waals surface area contributed by atoms with Crippen LogP contribution in [0.1, 0.15) is 36.5 Å².